The van der Waals surface area contributed by atoms with Crippen molar-refractivity contribution in [2.45, 2.75) is 19.8 Å². The number of nitrogens with zero attached hydrogens (tertiary/aromatic N) is 2. The number of carbonyl (C=O) groups excluding carboxylic acids is 3. The van der Waals surface area contributed by atoms with Gasteiger partial charge in [-0.05, 0) is 77.5 Å². The van der Waals surface area contributed by atoms with Crippen LogP contribution in [0.4, 0.5) is 16.2 Å². The van der Waals surface area contributed by atoms with E-state index in [1.54, 1.807) is 23.1 Å². The van der Waals surface area contributed by atoms with Crippen LogP contribution in [-0.2, 0) is 9.53 Å². The number of benzene rings is 1. The third kappa shape index (κ3) is 5.44. The Balaban J connectivity index is 1.42. The summed E-state index contributed by atoms with van der Waals surface area (Å²) in [6.07, 6.45) is 2.12. The van der Waals surface area contributed by atoms with E-state index in [0.717, 1.165) is 27.9 Å². The summed E-state index contributed by atoms with van der Waals surface area (Å²) in [6, 6.07) is 8.43. The quantitative estimate of drug-likeness (QED) is 0.603. The molecule has 2 aromatic rings. The van der Waals surface area contributed by atoms with Crippen LogP contribution in [0, 0.1) is 12.8 Å². The molecule has 1 aromatic heterocycles. The second-order valence-corrected chi connectivity index (χ2v) is 10.1. The molecule has 1 aromatic carbocycles. The minimum Gasteiger partial charge on any atom is -0.370 e. The van der Waals surface area contributed by atoms with Crippen LogP contribution in [0.25, 0.3) is 0 Å². The van der Waals surface area contributed by atoms with E-state index in [2.05, 4.69) is 26.7 Å². The maximum Gasteiger partial charge on any atom is 0.338 e. The van der Waals surface area contributed by atoms with Gasteiger partial charge in [0.2, 0.25) is 0 Å². The molecule has 1 saturated heterocycles. The Morgan fingerprint density at radius 3 is 2.74 bits per heavy atom. The number of carbonyl (C=O) groups is 3. The molecule has 4 amide bonds. The van der Waals surface area contributed by atoms with Crippen molar-refractivity contribution in [3.63, 3.8) is 0 Å². The Morgan fingerprint density at radius 2 is 2.10 bits per heavy atom. The molecule has 1 aliphatic heterocycles. The molecule has 8 nitrogen and oxygen atoms in total. The molecule has 1 aliphatic carbocycles. The third-order valence-corrected chi connectivity index (χ3v) is 6.75. The van der Waals surface area contributed by atoms with Crippen molar-refractivity contribution >= 4 is 56.5 Å². The molecule has 10 heteroatoms. The van der Waals surface area contributed by atoms with Crippen LogP contribution in [0.15, 0.2) is 34.1 Å². The maximum absolute atomic E-state index is 12.8. The number of thiophene rings is 1. The third-order valence-electron chi connectivity index (χ3n) is 5.13. The standard InChI is InChI=1S/C21H23BrN4O4S/c1-13-10-15(4-5-16(13)25-8-9-30-12-19(25)27)23-21(29)24-26(11-14-2-3-14)20(28)17-6-7-18(22)31-17/h4-7,10,14H,2-3,8-9,11-12H2,1H3,(H2,23,24,29). The van der Waals surface area contributed by atoms with Crippen molar-refractivity contribution in [3.8, 4) is 0 Å². The molecule has 4 rings (SSSR count). The average molecular weight is 507 g/mol. The van der Waals surface area contributed by atoms with Crippen LogP contribution in [0.2, 0.25) is 0 Å². The van der Waals surface area contributed by atoms with E-state index in [-0.39, 0.29) is 18.4 Å². The number of morpholine rings is 1. The monoisotopic (exact) mass is 506 g/mol. The van der Waals surface area contributed by atoms with Gasteiger partial charge in [0.25, 0.3) is 11.8 Å². The summed E-state index contributed by atoms with van der Waals surface area (Å²) in [7, 11) is 0. The summed E-state index contributed by atoms with van der Waals surface area (Å²) in [5, 5.41) is 4.17. The molecular formula is C21H23BrN4O4S. The molecule has 1 saturated carbocycles. The van der Waals surface area contributed by atoms with E-state index in [4.69, 9.17) is 4.74 Å². The lowest BCUT2D eigenvalue weighted by molar-refractivity contribution is -0.125. The molecule has 0 spiro atoms. The molecule has 0 atom stereocenters. The van der Waals surface area contributed by atoms with Gasteiger partial charge in [0, 0.05) is 24.5 Å². The average Bonchev–Trinajstić information content (AvgIpc) is 3.45. The highest BCUT2D eigenvalue weighted by Crippen LogP contribution is 2.31. The molecule has 31 heavy (non-hydrogen) atoms. The van der Waals surface area contributed by atoms with Gasteiger partial charge in [-0.25, -0.2) is 15.2 Å². The Hall–Kier alpha value is -2.43. The number of urea groups is 1. The summed E-state index contributed by atoms with van der Waals surface area (Å²) in [4.78, 5) is 39.8. The number of anilines is 2. The molecule has 164 valence electrons. The number of halogens is 1. The van der Waals surface area contributed by atoms with Crippen molar-refractivity contribution in [2.24, 2.45) is 5.92 Å². The van der Waals surface area contributed by atoms with Crippen LogP contribution >= 0.6 is 27.3 Å². The fourth-order valence-electron chi connectivity index (χ4n) is 3.39. The van der Waals surface area contributed by atoms with Crippen LogP contribution in [0.5, 0.6) is 0 Å². The van der Waals surface area contributed by atoms with Crippen LogP contribution < -0.4 is 15.6 Å². The second kappa shape index (κ2) is 9.37. The van der Waals surface area contributed by atoms with Gasteiger partial charge in [0.15, 0.2) is 0 Å². The van der Waals surface area contributed by atoms with Gasteiger partial charge in [-0.2, -0.15) is 0 Å². The summed E-state index contributed by atoms with van der Waals surface area (Å²) >= 11 is 4.70. The molecular weight excluding hydrogens is 484 g/mol. The maximum atomic E-state index is 12.8. The minimum absolute atomic E-state index is 0.0769. The Labute approximate surface area is 192 Å². The molecule has 2 aliphatic rings. The van der Waals surface area contributed by atoms with Crippen molar-refractivity contribution in [3.05, 3.63) is 44.6 Å². The van der Waals surface area contributed by atoms with E-state index >= 15 is 0 Å². The Kier molecular flexibility index (Phi) is 6.59. The number of hydrogen-bond acceptors (Lipinski definition) is 5. The first kappa shape index (κ1) is 21.8. The molecule has 0 unspecified atom stereocenters. The number of aryl methyl sites for hydroxylation is 1. The number of hydrogen-bond donors (Lipinski definition) is 2. The van der Waals surface area contributed by atoms with Crippen LogP contribution in [0.1, 0.15) is 28.1 Å². The van der Waals surface area contributed by atoms with Gasteiger partial charge >= 0.3 is 6.03 Å². The number of rotatable bonds is 5. The normalized spacial score (nSPS) is 16.2. The van der Waals surface area contributed by atoms with E-state index in [9.17, 15) is 14.4 Å². The van der Waals surface area contributed by atoms with Crippen LogP contribution in [0.3, 0.4) is 0 Å². The Morgan fingerprint density at radius 1 is 1.29 bits per heavy atom. The predicted molar refractivity (Wildman–Crippen MR) is 122 cm³/mol. The lowest BCUT2D eigenvalue weighted by Gasteiger charge is -2.28. The molecule has 0 bridgehead atoms. The SMILES string of the molecule is Cc1cc(NC(=O)NN(CC2CC2)C(=O)c2ccc(Br)s2)ccc1N1CCOCC1=O. The zero-order chi connectivity index (χ0) is 22.0. The van der Waals surface area contributed by atoms with Crippen molar-refractivity contribution in [1.29, 1.82) is 0 Å². The zero-order valence-electron chi connectivity index (χ0n) is 17.0. The Bertz CT molecular complexity index is 1010. The first-order chi connectivity index (χ1) is 14.9. The highest BCUT2D eigenvalue weighted by atomic mass is 79.9. The topological polar surface area (TPSA) is 91.0 Å². The minimum atomic E-state index is -0.487. The number of amides is 4. The second-order valence-electron chi connectivity index (χ2n) is 7.63. The van der Waals surface area contributed by atoms with Gasteiger partial charge in [-0.15, -0.1) is 11.3 Å². The predicted octanol–water partition coefficient (Wildman–Crippen LogP) is 3.77. The van der Waals surface area contributed by atoms with Gasteiger partial charge in [-0.3, -0.25) is 9.59 Å². The van der Waals surface area contributed by atoms with Crippen molar-refractivity contribution < 1.29 is 19.1 Å². The molecule has 2 N–H and O–H groups in total. The number of ether oxygens (including phenoxy) is 1. The van der Waals surface area contributed by atoms with Crippen molar-refractivity contribution in [1.82, 2.24) is 10.4 Å². The smallest absolute Gasteiger partial charge is 0.338 e. The van der Waals surface area contributed by atoms with Gasteiger partial charge in [0.05, 0.1) is 15.3 Å². The molecule has 2 heterocycles. The summed E-state index contributed by atoms with van der Waals surface area (Å²) in [6.45, 7) is 3.45. The van der Waals surface area contributed by atoms with E-state index in [1.165, 1.54) is 16.3 Å². The fraction of sp³-hybridized carbons (Fsp3) is 0.381. The zero-order valence-corrected chi connectivity index (χ0v) is 19.4. The highest BCUT2D eigenvalue weighted by Gasteiger charge is 2.29. The van der Waals surface area contributed by atoms with Gasteiger partial charge in [0.1, 0.15) is 6.61 Å². The van der Waals surface area contributed by atoms with Crippen molar-refractivity contribution in [2.75, 3.05) is 36.5 Å². The lowest BCUT2D eigenvalue weighted by atomic mass is 10.1. The van der Waals surface area contributed by atoms with Crippen LogP contribution in [-0.4, -0.2) is 49.2 Å². The fourth-order valence-corrected chi connectivity index (χ4v) is 4.73. The van der Waals surface area contributed by atoms with E-state index in [1.807, 2.05) is 19.1 Å². The highest BCUT2D eigenvalue weighted by molar-refractivity contribution is 9.11. The summed E-state index contributed by atoms with van der Waals surface area (Å²) in [5.74, 6) is 0.109. The summed E-state index contributed by atoms with van der Waals surface area (Å²) in [5.41, 5.74) is 4.94. The number of hydrazine groups is 1. The van der Waals surface area contributed by atoms with Gasteiger partial charge < -0.3 is 15.0 Å². The summed E-state index contributed by atoms with van der Waals surface area (Å²) < 4.78 is 6.04. The number of nitrogens with one attached hydrogen (secondary N) is 2. The molecule has 2 fully saturated rings. The van der Waals surface area contributed by atoms with E-state index in [0.29, 0.717) is 36.2 Å². The largest absolute Gasteiger partial charge is 0.370 e. The molecule has 0 radical (unpaired) electrons. The van der Waals surface area contributed by atoms with Gasteiger partial charge in [-0.1, -0.05) is 0 Å². The van der Waals surface area contributed by atoms with E-state index < -0.39 is 6.03 Å². The lowest BCUT2D eigenvalue weighted by Crippen LogP contribution is -2.48. The first-order valence-corrected chi connectivity index (χ1v) is 11.7. The first-order valence-electron chi connectivity index (χ1n) is 10.0.